The summed E-state index contributed by atoms with van der Waals surface area (Å²) in [5, 5.41) is 4.00. The summed E-state index contributed by atoms with van der Waals surface area (Å²) in [6, 6.07) is 9.69. The number of hydrogen-bond donors (Lipinski definition) is 1. The van der Waals surface area contributed by atoms with Crippen molar-refractivity contribution in [1.82, 2.24) is 4.98 Å². The molecule has 4 heteroatoms. The van der Waals surface area contributed by atoms with Gasteiger partial charge < -0.3 is 5.32 Å². The Labute approximate surface area is 108 Å². The molecule has 0 spiro atoms. The third-order valence-corrected chi connectivity index (χ3v) is 3.55. The molecule has 1 N–H and O–H groups in total. The molecule has 2 aromatic rings. The van der Waals surface area contributed by atoms with Crippen LogP contribution < -0.4 is 5.32 Å². The van der Waals surface area contributed by atoms with Crippen molar-refractivity contribution in [3.8, 4) is 0 Å². The van der Waals surface area contributed by atoms with Gasteiger partial charge in [0.1, 0.15) is 0 Å². The predicted octanol–water partition coefficient (Wildman–Crippen LogP) is 4.11. The molecule has 0 radical (unpaired) electrons. The van der Waals surface area contributed by atoms with Crippen LogP contribution in [0.25, 0.3) is 0 Å². The van der Waals surface area contributed by atoms with E-state index in [0.29, 0.717) is 5.02 Å². The maximum atomic E-state index is 6.00. The molecule has 0 saturated carbocycles. The molecule has 0 bridgehead atoms. The molecule has 1 heterocycles. The van der Waals surface area contributed by atoms with Gasteiger partial charge in [-0.05, 0) is 39.7 Å². The first kappa shape index (κ1) is 11.4. The van der Waals surface area contributed by atoms with Crippen LogP contribution in [0.2, 0.25) is 5.02 Å². The van der Waals surface area contributed by atoms with E-state index in [-0.39, 0.29) is 0 Å². The summed E-state index contributed by atoms with van der Waals surface area (Å²) >= 11 is 9.44. The lowest BCUT2D eigenvalue weighted by Crippen LogP contribution is -2.00. The molecule has 1 aromatic heterocycles. The third-order valence-electron chi connectivity index (χ3n) is 2.16. The average Bonchev–Trinajstić information content (AvgIpc) is 2.32. The highest BCUT2D eigenvalue weighted by Crippen LogP contribution is 2.30. The van der Waals surface area contributed by atoms with Crippen LogP contribution in [0, 0.1) is 0 Å². The van der Waals surface area contributed by atoms with Crippen LogP contribution in [0.5, 0.6) is 0 Å². The molecule has 0 saturated heterocycles. The Balaban J connectivity index is 2.08. The van der Waals surface area contributed by atoms with Gasteiger partial charge >= 0.3 is 0 Å². The van der Waals surface area contributed by atoms with Gasteiger partial charge in [-0.1, -0.05) is 23.7 Å². The van der Waals surface area contributed by atoms with E-state index in [0.717, 1.165) is 22.3 Å². The summed E-state index contributed by atoms with van der Waals surface area (Å²) < 4.78 is 0.889. The molecule has 82 valence electrons. The fourth-order valence-corrected chi connectivity index (χ4v) is 1.92. The van der Waals surface area contributed by atoms with Gasteiger partial charge in [0.25, 0.3) is 0 Å². The average molecular weight is 298 g/mol. The Kier molecular flexibility index (Phi) is 3.80. The SMILES string of the molecule is Clc1cccc(NCc2cccnc2)c1Br. The van der Waals surface area contributed by atoms with E-state index in [1.54, 1.807) is 6.20 Å². The number of hydrogen-bond acceptors (Lipinski definition) is 2. The minimum absolute atomic E-state index is 0.705. The van der Waals surface area contributed by atoms with E-state index in [9.17, 15) is 0 Å². The van der Waals surface area contributed by atoms with Gasteiger partial charge in [0.15, 0.2) is 0 Å². The van der Waals surface area contributed by atoms with Gasteiger partial charge in [-0.2, -0.15) is 0 Å². The third kappa shape index (κ3) is 2.74. The number of benzene rings is 1. The summed E-state index contributed by atoms with van der Waals surface area (Å²) in [5.41, 5.74) is 2.12. The maximum absolute atomic E-state index is 6.00. The monoisotopic (exact) mass is 296 g/mol. The minimum atomic E-state index is 0.705. The van der Waals surface area contributed by atoms with Gasteiger partial charge in [0.05, 0.1) is 15.2 Å². The lowest BCUT2D eigenvalue weighted by molar-refractivity contribution is 1.11. The summed E-state index contributed by atoms with van der Waals surface area (Å²) in [4.78, 5) is 4.06. The Bertz CT molecular complexity index is 474. The zero-order valence-electron chi connectivity index (χ0n) is 8.45. The van der Waals surface area contributed by atoms with Crippen molar-refractivity contribution in [2.24, 2.45) is 0 Å². The second kappa shape index (κ2) is 5.32. The molecule has 0 aliphatic rings. The van der Waals surface area contributed by atoms with Crippen LogP contribution in [0.15, 0.2) is 47.2 Å². The number of nitrogens with one attached hydrogen (secondary N) is 1. The zero-order valence-corrected chi connectivity index (χ0v) is 10.8. The normalized spacial score (nSPS) is 10.1. The van der Waals surface area contributed by atoms with Crippen LogP contribution in [0.3, 0.4) is 0 Å². The molecule has 0 unspecified atom stereocenters. The van der Waals surface area contributed by atoms with Crippen molar-refractivity contribution in [2.75, 3.05) is 5.32 Å². The molecule has 2 nitrogen and oxygen atoms in total. The van der Waals surface area contributed by atoms with Crippen LogP contribution >= 0.6 is 27.5 Å². The Morgan fingerprint density at radius 3 is 2.88 bits per heavy atom. The fraction of sp³-hybridized carbons (Fsp3) is 0.0833. The lowest BCUT2D eigenvalue weighted by Gasteiger charge is -2.09. The molecule has 0 atom stereocenters. The maximum Gasteiger partial charge on any atom is 0.0593 e. The summed E-state index contributed by atoms with van der Waals surface area (Å²) in [7, 11) is 0. The minimum Gasteiger partial charge on any atom is -0.380 e. The van der Waals surface area contributed by atoms with Crippen molar-refractivity contribution in [2.45, 2.75) is 6.54 Å². The van der Waals surface area contributed by atoms with Crippen LogP contribution in [-0.2, 0) is 6.54 Å². The number of halogens is 2. The first-order valence-corrected chi connectivity index (χ1v) is 6.01. The van der Waals surface area contributed by atoms with Crippen molar-refractivity contribution in [3.63, 3.8) is 0 Å². The fourth-order valence-electron chi connectivity index (χ4n) is 1.34. The topological polar surface area (TPSA) is 24.9 Å². The first-order valence-electron chi connectivity index (χ1n) is 4.84. The van der Waals surface area contributed by atoms with Crippen molar-refractivity contribution >= 4 is 33.2 Å². The molecule has 2 rings (SSSR count). The molecular weight excluding hydrogens is 288 g/mol. The van der Waals surface area contributed by atoms with Crippen molar-refractivity contribution in [1.29, 1.82) is 0 Å². The van der Waals surface area contributed by atoms with E-state index in [2.05, 4.69) is 26.2 Å². The number of anilines is 1. The number of aromatic nitrogens is 1. The summed E-state index contributed by atoms with van der Waals surface area (Å²) in [6.07, 6.45) is 3.60. The van der Waals surface area contributed by atoms with Crippen molar-refractivity contribution < 1.29 is 0 Å². The summed E-state index contributed by atoms with van der Waals surface area (Å²) in [5.74, 6) is 0. The van der Waals surface area contributed by atoms with Crippen molar-refractivity contribution in [3.05, 3.63) is 57.8 Å². The first-order chi connectivity index (χ1) is 7.77. The summed E-state index contributed by atoms with van der Waals surface area (Å²) in [6.45, 7) is 0.729. The van der Waals surface area contributed by atoms with Gasteiger partial charge in [-0.3, -0.25) is 4.98 Å². The highest BCUT2D eigenvalue weighted by atomic mass is 79.9. The standard InChI is InChI=1S/C12H10BrClN2/c13-12-10(14)4-1-5-11(12)16-8-9-3-2-6-15-7-9/h1-7,16H,8H2. The van der Waals surface area contributed by atoms with E-state index in [4.69, 9.17) is 11.6 Å². The highest BCUT2D eigenvalue weighted by molar-refractivity contribution is 9.10. The quantitative estimate of drug-likeness (QED) is 0.922. The van der Waals surface area contributed by atoms with E-state index >= 15 is 0 Å². The molecule has 0 fully saturated rings. The van der Waals surface area contributed by atoms with Gasteiger partial charge in [0, 0.05) is 18.9 Å². The Morgan fingerprint density at radius 2 is 2.12 bits per heavy atom. The van der Waals surface area contributed by atoms with E-state index in [1.165, 1.54) is 0 Å². The number of rotatable bonds is 3. The molecule has 0 amide bonds. The molecule has 0 aliphatic heterocycles. The van der Waals surface area contributed by atoms with Gasteiger partial charge in [-0.15, -0.1) is 0 Å². The van der Waals surface area contributed by atoms with Crippen LogP contribution in [-0.4, -0.2) is 4.98 Å². The second-order valence-corrected chi connectivity index (χ2v) is 4.52. The van der Waals surface area contributed by atoms with E-state index in [1.807, 2.05) is 36.5 Å². The Hall–Kier alpha value is -1.06. The molecule has 16 heavy (non-hydrogen) atoms. The molecular formula is C12H10BrClN2. The molecule has 1 aromatic carbocycles. The zero-order chi connectivity index (χ0) is 11.4. The van der Waals surface area contributed by atoms with Crippen LogP contribution in [0.1, 0.15) is 5.56 Å². The lowest BCUT2D eigenvalue weighted by atomic mass is 10.2. The van der Waals surface area contributed by atoms with Gasteiger partial charge in [0.2, 0.25) is 0 Å². The largest absolute Gasteiger partial charge is 0.380 e. The Morgan fingerprint density at radius 1 is 1.25 bits per heavy atom. The second-order valence-electron chi connectivity index (χ2n) is 3.32. The smallest absolute Gasteiger partial charge is 0.0593 e. The number of nitrogens with zero attached hydrogens (tertiary/aromatic N) is 1. The van der Waals surface area contributed by atoms with Gasteiger partial charge in [-0.25, -0.2) is 0 Å². The highest BCUT2D eigenvalue weighted by Gasteiger charge is 2.02. The molecule has 0 aliphatic carbocycles. The van der Waals surface area contributed by atoms with E-state index < -0.39 is 0 Å². The van der Waals surface area contributed by atoms with Crippen LogP contribution in [0.4, 0.5) is 5.69 Å². The predicted molar refractivity (Wildman–Crippen MR) is 70.7 cm³/mol. The number of pyridine rings is 1.